The lowest BCUT2D eigenvalue weighted by Crippen LogP contribution is -2.66. The summed E-state index contributed by atoms with van der Waals surface area (Å²) < 4.78 is 0. The first kappa shape index (κ1) is 21.7. The van der Waals surface area contributed by atoms with E-state index < -0.39 is 0 Å². The van der Waals surface area contributed by atoms with Gasteiger partial charge >= 0.3 is 6.03 Å². The van der Waals surface area contributed by atoms with Crippen LogP contribution in [0.25, 0.3) is 0 Å². The van der Waals surface area contributed by atoms with E-state index in [-0.39, 0.29) is 29.4 Å². The Morgan fingerprint density at radius 1 is 1.03 bits per heavy atom. The van der Waals surface area contributed by atoms with Crippen molar-refractivity contribution in [2.24, 2.45) is 0 Å². The Morgan fingerprint density at radius 3 is 2.42 bits per heavy atom. The van der Waals surface area contributed by atoms with Gasteiger partial charge < -0.3 is 20.0 Å². The number of likely N-dealkylation sites (tertiary alicyclic amines) is 1. The van der Waals surface area contributed by atoms with E-state index in [1.165, 1.54) is 6.42 Å². The first-order chi connectivity index (χ1) is 15.0. The van der Waals surface area contributed by atoms with Crippen molar-refractivity contribution >= 4 is 17.8 Å². The van der Waals surface area contributed by atoms with Crippen LogP contribution in [0.3, 0.4) is 0 Å². The number of hydrogen-bond acceptors (Lipinski definition) is 3. The van der Waals surface area contributed by atoms with E-state index in [0.717, 1.165) is 44.2 Å². The molecule has 1 aromatic rings. The lowest BCUT2D eigenvalue weighted by molar-refractivity contribution is -0.141. The largest absolute Gasteiger partial charge is 0.340 e. The summed E-state index contributed by atoms with van der Waals surface area (Å²) in [4.78, 5) is 43.6. The Balaban J connectivity index is 1.49. The summed E-state index contributed by atoms with van der Waals surface area (Å²) in [6.07, 6.45) is 6.78. The number of urea groups is 1. The minimum Gasteiger partial charge on any atom is -0.340 e. The van der Waals surface area contributed by atoms with E-state index in [2.05, 4.69) is 5.32 Å². The number of carbonyl (C=O) groups is 3. The van der Waals surface area contributed by atoms with Crippen LogP contribution in [0.15, 0.2) is 30.3 Å². The molecule has 168 valence electrons. The van der Waals surface area contributed by atoms with Crippen LogP contribution in [-0.4, -0.2) is 70.8 Å². The zero-order chi connectivity index (χ0) is 21.8. The Morgan fingerprint density at radius 2 is 1.77 bits per heavy atom. The van der Waals surface area contributed by atoms with Gasteiger partial charge in [-0.1, -0.05) is 49.6 Å². The minimum atomic E-state index is -0.246. The van der Waals surface area contributed by atoms with Gasteiger partial charge in [0.2, 0.25) is 11.8 Å². The monoisotopic (exact) mass is 426 g/mol. The van der Waals surface area contributed by atoms with Crippen LogP contribution in [0.1, 0.15) is 63.5 Å². The number of rotatable bonds is 4. The maximum Gasteiger partial charge on any atom is 0.318 e. The molecule has 4 amide bonds. The number of amides is 4. The highest BCUT2D eigenvalue weighted by atomic mass is 16.2. The molecule has 1 aromatic carbocycles. The Kier molecular flexibility index (Phi) is 6.49. The zero-order valence-corrected chi connectivity index (χ0v) is 18.5. The van der Waals surface area contributed by atoms with Gasteiger partial charge in [-0.2, -0.15) is 0 Å². The molecule has 1 atom stereocenters. The number of benzene rings is 1. The van der Waals surface area contributed by atoms with Crippen molar-refractivity contribution in [1.29, 1.82) is 0 Å². The van der Waals surface area contributed by atoms with Crippen molar-refractivity contribution in [2.75, 3.05) is 32.7 Å². The van der Waals surface area contributed by atoms with Gasteiger partial charge in [-0.15, -0.1) is 0 Å². The third-order valence-electron chi connectivity index (χ3n) is 7.18. The first-order valence-corrected chi connectivity index (χ1v) is 11.6. The maximum atomic E-state index is 13.3. The molecular formula is C24H34N4O3. The van der Waals surface area contributed by atoms with Crippen LogP contribution >= 0.6 is 0 Å². The van der Waals surface area contributed by atoms with Crippen LogP contribution in [-0.2, 0) is 9.59 Å². The molecule has 0 aromatic heterocycles. The zero-order valence-electron chi connectivity index (χ0n) is 18.5. The van der Waals surface area contributed by atoms with Crippen LogP contribution in [0, 0.1) is 0 Å². The van der Waals surface area contributed by atoms with Crippen molar-refractivity contribution in [2.45, 2.75) is 63.5 Å². The summed E-state index contributed by atoms with van der Waals surface area (Å²) in [6, 6.07) is 9.53. The molecule has 2 aliphatic heterocycles. The lowest BCUT2D eigenvalue weighted by Gasteiger charge is -2.52. The number of piperazine rings is 1. The SMILES string of the molecule is CC(=O)N1CCN(C(=O)NC(CN2CCCC2=O)c2ccccc2)CC12CCCCC2. The molecule has 1 saturated carbocycles. The van der Waals surface area contributed by atoms with E-state index in [9.17, 15) is 14.4 Å². The summed E-state index contributed by atoms with van der Waals surface area (Å²) >= 11 is 0. The third kappa shape index (κ3) is 4.70. The van der Waals surface area contributed by atoms with Crippen molar-refractivity contribution in [3.05, 3.63) is 35.9 Å². The topological polar surface area (TPSA) is 73.0 Å². The fourth-order valence-electron chi connectivity index (χ4n) is 5.56. The van der Waals surface area contributed by atoms with Gasteiger partial charge in [-0.05, 0) is 24.8 Å². The fraction of sp³-hybridized carbons (Fsp3) is 0.625. The van der Waals surface area contributed by atoms with Crippen LogP contribution < -0.4 is 5.32 Å². The quantitative estimate of drug-likeness (QED) is 0.805. The van der Waals surface area contributed by atoms with Crippen LogP contribution in [0.2, 0.25) is 0 Å². The molecule has 7 heteroatoms. The maximum absolute atomic E-state index is 13.3. The molecule has 0 radical (unpaired) electrons. The molecule has 2 saturated heterocycles. The average molecular weight is 427 g/mol. The number of nitrogens with one attached hydrogen (secondary N) is 1. The van der Waals surface area contributed by atoms with E-state index >= 15 is 0 Å². The second-order valence-electron chi connectivity index (χ2n) is 9.23. The number of carbonyl (C=O) groups excluding carboxylic acids is 3. The van der Waals surface area contributed by atoms with Gasteiger partial charge in [-0.3, -0.25) is 9.59 Å². The predicted octanol–water partition coefficient (Wildman–Crippen LogP) is 2.93. The highest BCUT2D eigenvalue weighted by molar-refractivity contribution is 5.79. The highest BCUT2D eigenvalue weighted by Crippen LogP contribution is 2.37. The summed E-state index contributed by atoms with van der Waals surface area (Å²) in [5.74, 6) is 0.267. The Bertz CT molecular complexity index is 806. The van der Waals surface area contributed by atoms with E-state index in [1.54, 1.807) is 6.92 Å². The van der Waals surface area contributed by atoms with Gasteiger partial charge in [0.05, 0.1) is 11.6 Å². The molecule has 4 rings (SSSR count). The summed E-state index contributed by atoms with van der Waals surface area (Å²) in [7, 11) is 0. The molecule has 31 heavy (non-hydrogen) atoms. The van der Waals surface area contributed by atoms with Gasteiger partial charge in [0, 0.05) is 46.1 Å². The molecule has 1 unspecified atom stereocenters. The molecular weight excluding hydrogens is 392 g/mol. The lowest BCUT2D eigenvalue weighted by atomic mass is 9.78. The average Bonchev–Trinajstić information content (AvgIpc) is 3.18. The van der Waals surface area contributed by atoms with E-state index in [1.807, 2.05) is 45.0 Å². The molecule has 3 aliphatic rings. The summed E-state index contributed by atoms with van der Waals surface area (Å²) in [6.45, 7) is 4.60. The second kappa shape index (κ2) is 9.28. The molecule has 2 heterocycles. The molecule has 7 nitrogen and oxygen atoms in total. The Hall–Kier alpha value is -2.57. The highest BCUT2D eigenvalue weighted by Gasteiger charge is 2.45. The third-order valence-corrected chi connectivity index (χ3v) is 7.18. The van der Waals surface area contributed by atoms with Gasteiger partial charge in [0.25, 0.3) is 0 Å². The van der Waals surface area contributed by atoms with Gasteiger partial charge in [0.15, 0.2) is 0 Å². The summed E-state index contributed by atoms with van der Waals surface area (Å²) in [5.41, 5.74) is 0.776. The molecule has 1 N–H and O–H groups in total. The number of hydrogen-bond donors (Lipinski definition) is 1. The smallest absolute Gasteiger partial charge is 0.318 e. The first-order valence-electron chi connectivity index (χ1n) is 11.6. The minimum absolute atomic E-state index is 0.103. The predicted molar refractivity (Wildman–Crippen MR) is 118 cm³/mol. The van der Waals surface area contributed by atoms with Gasteiger partial charge in [-0.25, -0.2) is 4.79 Å². The Labute approximate surface area is 184 Å². The molecule has 1 spiro atoms. The fourth-order valence-corrected chi connectivity index (χ4v) is 5.56. The molecule has 0 bridgehead atoms. The van der Waals surface area contributed by atoms with E-state index in [4.69, 9.17) is 0 Å². The normalized spacial score (nSPS) is 22.0. The standard InChI is InChI=1S/C24H34N4O3/c1-19(29)28-16-15-27(18-24(28)12-6-3-7-13-24)23(31)25-21(20-9-4-2-5-10-20)17-26-14-8-11-22(26)30/h2,4-5,9-10,21H,3,6-8,11-18H2,1H3,(H,25,31). The molecule has 1 aliphatic carbocycles. The van der Waals surface area contributed by atoms with Crippen molar-refractivity contribution in [3.8, 4) is 0 Å². The van der Waals surface area contributed by atoms with Crippen LogP contribution in [0.4, 0.5) is 4.79 Å². The van der Waals surface area contributed by atoms with Crippen LogP contribution in [0.5, 0.6) is 0 Å². The second-order valence-corrected chi connectivity index (χ2v) is 9.23. The van der Waals surface area contributed by atoms with Crippen molar-refractivity contribution in [3.63, 3.8) is 0 Å². The number of nitrogens with zero attached hydrogens (tertiary/aromatic N) is 3. The summed E-state index contributed by atoms with van der Waals surface area (Å²) in [5, 5.41) is 3.21. The van der Waals surface area contributed by atoms with Gasteiger partial charge in [0.1, 0.15) is 0 Å². The van der Waals surface area contributed by atoms with Crippen molar-refractivity contribution in [1.82, 2.24) is 20.0 Å². The molecule has 3 fully saturated rings. The van der Waals surface area contributed by atoms with E-state index in [0.29, 0.717) is 32.6 Å². The van der Waals surface area contributed by atoms with Crippen molar-refractivity contribution < 1.29 is 14.4 Å².